The van der Waals surface area contributed by atoms with Crippen molar-refractivity contribution in [2.45, 2.75) is 63.4 Å². The first-order valence-electron chi connectivity index (χ1n) is 11.1. The second kappa shape index (κ2) is 7.99. The highest BCUT2D eigenvalue weighted by molar-refractivity contribution is 7.90. The third-order valence-electron chi connectivity index (χ3n) is 7.33. The van der Waals surface area contributed by atoms with E-state index >= 15 is 0 Å². The zero-order chi connectivity index (χ0) is 22.6. The van der Waals surface area contributed by atoms with Gasteiger partial charge in [0.15, 0.2) is 5.82 Å². The number of aromatic nitrogens is 4. The van der Waals surface area contributed by atoms with Gasteiger partial charge in [-0.05, 0) is 82.1 Å². The first-order valence-corrected chi connectivity index (χ1v) is 13.1. The van der Waals surface area contributed by atoms with Crippen LogP contribution in [0.25, 0.3) is 11.5 Å². The molecule has 0 unspecified atom stereocenters. The molecule has 2 fully saturated rings. The second-order valence-corrected chi connectivity index (χ2v) is 11.6. The Bertz CT molecular complexity index is 1250. The number of nitrogens with zero attached hydrogens (tertiary/aromatic N) is 4. The van der Waals surface area contributed by atoms with Crippen LogP contribution >= 0.6 is 11.6 Å². The largest absolute Gasteiger partial charge is 0.334 e. The van der Waals surface area contributed by atoms with Crippen molar-refractivity contribution in [3.05, 3.63) is 46.5 Å². The summed E-state index contributed by atoms with van der Waals surface area (Å²) in [5.74, 6) is 2.00. The molecule has 1 aromatic carbocycles. The van der Waals surface area contributed by atoms with E-state index in [0.29, 0.717) is 22.4 Å². The van der Waals surface area contributed by atoms with Gasteiger partial charge in [0, 0.05) is 22.3 Å². The molecule has 0 radical (unpaired) electrons. The lowest BCUT2D eigenvalue weighted by molar-refractivity contribution is 0.231. The molecule has 2 aliphatic rings. The van der Waals surface area contributed by atoms with E-state index in [-0.39, 0.29) is 28.7 Å². The Morgan fingerprint density at radius 1 is 1.16 bits per heavy atom. The SMILES string of the molecule is Cc1nc(S(=O)(=O)Cc2noc(-c3ccc(Cl)cc3)n2)n([C@@H](C)[C@@H]2C[C@H]3CC[C@H]2C3)c1C. The third kappa shape index (κ3) is 3.77. The van der Waals surface area contributed by atoms with E-state index in [2.05, 4.69) is 22.0 Å². The number of aryl methyl sites for hydroxylation is 1. The van der Waals surface area contributed by atoms with Crippen LogP contribution in [0.15, 0.2) is 33.9 Å². The molecule has 2 aliphatic carbocycles. The summed E-state index contributed by atoms with van der Waals surface area (Å²) in [6.07, 6.45) is 5.02. The van der Waals surface area contributed by atoms with Crippen molar-refractivity contribution in [3.63, 3.8) is 0 Å². The maximum Gasteiger partial charge on any atom is 0.257 e. The number of hydrogen-bond acceptors (Lipinski definition) is 6. The van der Waals surface area contributed by atoms with Crippen molar-refractivity contribution in [1.29, 1.82) is 0 Å². The molecular weight excluding hydrogens is 448 g/mol. The average Bonchev–Trinajstić information content (AvgIpc) is 3.54. The highest BCUT2D eigenvalue weighted by atomic mass is 35.5. The van der Waals surface area contributed by atoms with Crippen LogP contribution in [0.3, 0.4) is 0 Å². The first kappa shape index (κ1) is 21.6. The van der Waals surface area contributed by atoms with Crippen molar-refractivity contribution in [2.24, 2.45) is 17.8 Å². The van der Waals surface area contributed by atoms with Gasteiger partial charge in [-0.1, -0.05) is 23.2 Å². The van der Waals surface area contributed by atoms with Crippen molar-refractivity contribution in [1.82, 2.24) is 19.7 Å². The van der Waals surface area contributed by atoms with Gasteiger partial charge in [-0.15, -0.1) is 0 Å². The van der Waals surface area contributed by atoms with Gasteiger partial charge in [-0.25, -0.2) is 13.4 Å². The predicted molar refractivity (Wildman–Crippen MR) is 121 cm³/mol. The molecule has 0 amide bonds. The molecule has 4 atom stereocenters. The minimum Gasteiger partial charge on any atom is -0.334 e. The van der Waals surface area contributed by atoms with Crippen LogP contribution in [0.2, 0.25) is 5.02 Å². The van der Waals surface area contributed by atoms with E-state index in [4.69, 9.17) is 16.1 Å². The Morgan fingerprint density at radius 3 is 2.56 bits per heavy atom. The van der Waals surface area contributed by atoms with Crippen LogP contribution in [0, 0.1) is 31.6 Å². The molecule has 3 aromatic rings. The standard InChI is InChI=1S/C23H27ClN4O3S/c1-13-14(2)28(15(3)20-11-16-4-5-18(20)10-16)23(25-13)32(29,30)12-21-26-22(31-27-21)17-6-8-19(24)9-7-17/h6-9,15-16,18,20H,4-5,10-12H2,1-3H3/t15-,16-,18-,20-/m0/s1. The smallest absolute Gasteiger partial charge is 0.257 e. The Morgan fingerprint density at radius 2 is 1.91 bits per heavy atom. The van der Waals surface area contributed by atoms with Crippen molar-refractivity contribution >= 4 is 21.4 Å². The summed E-state index contributed by atoms with van der Waals surface area (Å²) in [5, 5.41) is 4.61. The molecule has 0 spiro atoms. The normalized spacial score (nSPS) is 23.7. The minimum absolute atomic E-state index is 0.0890. The second-order valence-electron chi connectivity index (χ2n) is 9.30. The number of sulfone groups is 1. The summed E-state index contributed by atoms with van der Waals surface area (Å²) in [6.45, 7) is 5.97. The fourth-order valence-electron chi connectivity index (χ4n) is 5.63. The molecule has 2 aromatic heterocycles. The van der Waals surface area contributed by atoms with Gasteiger partial charge in [0.2, 0.25) is 15.0 Å². The van der Waals surface area contributed by atoms with Crippen molar-refractivity contribution in [3.8, 4) is 11.5 Å². The molecule has 170 valence electrons. The zero-order valence-electron chi connectivity index (χ0n) is 18.5. The highest BCUT2D eigenvalue weighted by Crippen LogP contribution is 2.52. The van der Waals surface area contributed by atoms with E-state index in [9.17, 15) is 8.42 Å². The lowest BCUT2D eigenvalue weighted by Crippen LogP contribution is -2.26. The molecule has 9 heteroatoms. The Balaban J connectivity index is 1.43. The van der Waals surface area contributed by atoms with Crippen molar-refractivity contribution in [2.75, 3.05) is 0 Å². The van der Waals surface area contributed by atoms with E-state index in [0.717, 1.165) is 17.3 Å². The molecule has 2 heterocycles. The molecule has 0 N–H and O–H groups in total. The summed E-state index contributed by atoms with van der Waals surface area (Å²) < 4.78 is 34.1. The highest BCUT2D eigenvalue weighted by Gasteiger charge is 2.43. The Labute approximate surface area is 193 Å². The number of hydrogen-bond donors (Lipinski definition) is 0. The van der Waals surface area contributed by atoms with Gasteiger partial charge < -0.3 is 9.09 Å². The van der Waals surface area contributed by atoms with Crippen LogP contribution in [0.4, 0.5) is 0 Å². The maximum atomic E-state index is 13.4. The van der Waals surface area contributed by atoms with Gasteiger partial charge in [0.1, 0.15) is 5.75 Å². The summed E-state index contributed by atoms with van der Waals surface area (Å²) in [5.41, 5.74) is 2.34. The molecule has 0 saturated heterocycles. The van der Waals surface area contributed by atoms with E-state index in [1.807, 2.05) is 18.4 Å². The third-order valence-corrected chi connectivity index (χ3v) is 9.07. The van der Waals surface area contributed by atoms with Crippen LogP contribution < -0.4 is 0 Å². The monoisotopic (exact) mass is 474 g/mol. The number of rotatable bonds is 6. The van der Waals surface area contributed by atoms with Gasteiger partial charge in [-0.3, -0.25) is 0 Å². The van der Waals surface area contributed by atoms with Gasteiger partial charge in [0.05, 0.1) is 5.69 Å². The zero-order valence-corrected chi connectivity index (χ0v) is 20.0. The number of imidazole rings is 1. The van der Waals surface area contributed by atoms with Gasteiger partial charge >= 0.3 is 0 Å². The number of fused-ring (bicyclic) bond motifs is 2. The molecular formula is C23H27ClN4O3S. The Kier molecular flexibility index (Phi) is 5.40. The lowest BCUT2D eigenvalue weighted by atomic mass is 9.84. The predicted octanol–water partition coefficient (Wildman–Crippen LogP) is 5.17. The van der Waals surface area contributed by atoms with E-state index < -0.39 is 9.84 Å². The summed E-state index contributed by atoms with van der Waals surface area (Å²) in [4.78, 5) is 8.78. The van der Waals surface area contributed by atoms with Crippen molar-refractivity contribution < 1.29 is 12.9 Å². The number of halogens is 1. The fraction of sp³-hybridized carbons (Fsp3) is 0.522. The van der Waals surface area contributed by atoms with Crippen LogP contribution in [0.5, 0.6) is 0 Å². The van der Waals surface area contributed by atoms with Gasteiger partial charge in [0.25, 0.3) is 5.89 Å². The fourth-order valence-corrected chi connectivity index (χ4v) is 7.22. The quantitative estimate of drug-likeness (QED) is 0.489. The topological polar surface area (TPSA) is 90.9 Å². The van der Waals surface area contributed by atoms with Gasteiger partial charge in [-0.2, -0.15) is 4.98 Å². The molecule has 32 heavy (non-hydrogen) atoms. The van der Waals surface area contributed by atoms with Crippen LogP contribution in [-0.4, -0.2) is 28.1 Å². The summed E-state index contributed by atoms with van der Waals surface area (Å²) in [7, 11) is -3.76. The molecule has 2 saturated carbocycles. The average molecular weight is 475 g/mol. The number of benzene rings is 1. The van der Waals surface area contributed by atoms with E-state index in [1.54, 1.807) is 24.3 Å². The van der Waals surface area contributed by atoms with E-state index in [1.165, 1.54) is 25.7 Å². The summed E-state index contributed by atoms with van der Waals surface area (Å²) >= 11 is 5.93. The molecule has 5 rings (SSSR count). The maximum absolute atomic E-state index is 13.4. The lowest BCUT2D eigenvalue weighted by Gasteiger charge is -2.30. The minimum atomic E-state index is -3.76. The summed E-state index contributed by atoms with van der Waals surface area (Å²) in [6, 6.07) is 7.04. The van der Waals surface area contributed by atoms with Crippen LogP contribution in [0.1, 0.15) is 55.9 Å². The molecule has 7 nitrogen and oxygen atoms in total. The first-order chi connectivity index (χ1) is 15.2. The Hall–Kier alpha value is -2.19. The molecule has 0 aliphatic heterocycles. The van der Waals surface area contributed by atoms with Crippen LogP contribution in [-0.2, 0) is 15.6 Å². The molecule has 2 bridgehead atoms.